The Kier molecular flexibility index (Phi) is 6.37. The molecule has 0 aliphatic rings. The molecule has 0 unspecified atom stereocenters. The number of rotatable bonds is 6. The third-order valence-electron chi connectivity index (χ3n) is 6.30. The van der Waals surface area contributed by atoms with Gasteiger partial charge in [-0.05, 0) is 69.5 Å². The van der Waals surface area contributed by atoms with Gasteiger partial charge in [-0.25, -0.2) is 4.98 Å². The summed E-state index contributed by atoms with van der Waals surface area (Å²) in [4.78, 5) is 17.4. The fraction of sp³-hybridized carbons (Fsp3) is 0.200. The Hall–Kier alpha value is -3.90. The number of carbonyl (C=O) groups is 1. The van der Waals surface area contributed by atoms with Gasteiger partial charge in [0.15, 0.2) is 5.13 Å². The number of furan rings is 1. The van der Waals surface area contributed by atoms with Gasteiger partial charge < -0.3 is 9.15 Å². The molecule has 0 fully saturated rings. The summed E-state index contributed by atoms with van der Waals surface area (Å²) in [6, 6.07) is 16.3. The monoisotopic (exact) mass is 496 g/mol. The predicted molar refractivity (Wildman–Crippen MR) is 149 cm³/mol. The van der Waals surface area contributed by atoms with Crippen molar-refractivity contribution >= 4 is 49.1 Å². The first kappa shape index (κ1) is 23.8. The van der Waals surface area contributed by atoms with Crippen LogP contribution < -0.4 is 10.1 Å². The maximum atomic E-state index is 12.9. The van der Waals surface area contributed by atoms with Crippen molar-refractivity contribution in [2.45, 2.75) is 34.6 Å². The third kappa shape index (κ3) is 4.40. The fourth-order valence-electron chi connectivity index (χ4n) is 4.60. The van der Waals surface area contributed by atoms with Gasteiger partial charge in [-0.1, -0.05) is 47.2 Å². The van der Waals surface area contributed by atoms with Crippen molar-refractivity contribution < 1.29 is 13.9 Å². The maximum absolute atomic E-state index is 12.9. The van der Waals surface area contributed by atoms with E-state index in [1.807, 2.05) is 51.3 Å². The van der Waals surface area contributed by atoms with Gasteiger partial charge in [0.25, 0.3) is 0 Å². The molecule has 1 amide bonds. The zero-order valence-corrected chi connectivity index (χ0v) is 21.9. The molecule has 182 valence electrons. The van der Waals surface area contributed by atoms with E-state index in [0.717, 1.165) is 54.8 Å². The number of hydrogen-bond acceptors (Lipinski definition) is 5. The number of para-hydroxylation sites is 1. The van der Waals surface area contributed by atoms with Crippen LogP contribution in [-0.2, 0) is 4.79 Å². The molecule has 3 aromatic carbocycles. The van der Waals surface area contributed by atoms with E-state index < -0.39 is 0 Å². The molecule has 5 nitrogen and oxygen atoms in total. The van der Waals surface area contributed by atoms with Gasteiger partial charge in [0.1, 0.15) is 11.3 Å². The molecule has 2 heterocycles. The molecular weight excluding hydrogens is 468 g/mol. The van der Waals surface area contributed by atoms with E-state index in [9.17, 15) is 4.79 Å². The molecule has 0 aliphatic heterocycles. The number of amides is 1. The normalized spacial score (nSPS) is 11.9. The van der Waals surface area contributed by atoms with Crippen LogP contribution in [0.15, 0.2) is 65.3 Å². The molecule has 5 aromatic rings. The zero-order valence-electron chi connectivity index (χ0n) is 21.1. The summed E-state index contributed by atoms with van der Waals surface area (Å²) < 4.78 is 13.1. The smallest absolute Gasteiger partial charge is 0.250 e. The van der Waals surface area contributed by atoms with Gasteiger partial charge in [-0.2, -0.15) is 0 Å². The molecule has 36 heavy (non-hydrogen) atoms. The number of nitrogens with zero attached hydrogens (tertiary/aromatic N) is 1. The van der Waals surface area contributed by atoms with Gasteiger partial charge in [-0.3, -0.25) is 10.1 Å². The van der Waals surface area contributed by atoms with Crippen LogP contribution in [-0.4, -0.2) is 17.5 Å². The number of aromatic nitrogens is 1. The Morgan fingerprint density at radius 2 is 1.92 bits per heavy atom. The van der Waals surface area contributed by atoms with Gasteiger partial charge in [0.2, 0.25) is 5.91 Å². The summed E-state index contributed by atoms with van der Waals surface area (Å²) in [7, 11) is 0. The van der Waals surface area contributed by atoms with Crippen LogP contribution >= 0.6 is 11.3 Å². The van der Waals surface area contributed by atoms with Crippen molar-refractivity contribution in [3.8, 4) is 16.9 Å². The molecule has 2 aromatic heterocycles. The third-order valence-corrected chi connectivity index (χ3v) is 7.25. The summed E-state index contributed by atoms with van der Waals surface area (Å²) in [6.45, 7) is 10.6. The number of benzene rings is 3. The number of allylic oxidation sites excluding steroid dienone is 1. The minimum atomic E-state index is -0.228. The van der Waals surface area contributed by atoms with E-state index in [0.29, 0.717) is 11.7 Å². The first-order valence-electron chi connectivity index (χ1n) is 12.0. The molecule has 0 atom stereocenters. The molecule has 0 bridgehead atoms. The molecule has 1 N–H and O–H groups in total. The molecular formula is C30H28N2O3S. The van der Waals surface area contributed by atoms with Crippen molar-refractivity contribution in [1.82, 2.24) is 4.98 Å². The number of carbonyl (C=O) groups excluding carboxylic acids is 1. The number of aryl methyl sites for hydroxylation is 3. The van der Waals surface area contributed by atoms with Crippen molar-refractivity contribution in [3.63, 3.8) is 0 Å². The Bertz CT molecular complexity index is 1610. The second-order valence-corrected chi connectivity index (χ2v) is 9.99. The standard InChI is InChI=1S/C30H28N2O3S/c1-6-34-28-20(5)29-23(24(16-35-29)21-12-11-17(2)13-18(21)3)15-22(28)19(4)14-27(33)32-30-31-25-9-7-8-10-26(25)36-30/h7-16H,6H2,1-5H3,(H,31,32,33)/b19-14+. The summed E-state index contributed by atoms with van der Waals surface area (Å²) in [5.41, 5.74) is 8.82. The average Bonchev–Trinajstić information content (AvgIpc) is 3.44. The van der Waals surface area contributed by atoms with Gasteiger partial charge >= 0.3 is 0 Å². The Balaban J connectivity index is 1.56. The van der Waals surface area contributed by atoms with Crippen LogP contribution in [0.25, 0.3) is 37.9 Å². The number of anilines is 1. The lowest BCUT2D eigenvalue weighted by Gasteiger charge is -2.15. The molecule has 0 radical (unpaired) electrons. The van der Waals surface area contributed by atoms with E-state index in [4.69, 9.17) is 9.15 Å². The Morgan fingerprint density at radius 1 is 1.11 bits per heavy atom. The van der Waals surface area contributed by atoms with E-state index in [2.05, 4.69) is 48.4 Å². The lowest BCUT2D eigenvalue weighted by molar-refractivity contribution is -0.111. The first-order chi connectivity index (χ1) is 17.4. The molecule has 5 rings (SSSR count). The topological polar surface area (TPSA) is 64.4 Å². The Morgan fingerprint density at radius 3 is 2.67 bits per heavy atom. The quantitative estimate of drug-likeness (QED) is 0.241. The number of hydrogen-bond donors (Lipinski definition) is 1. The second-order valence-electron chi connectivity index (χ2n) is 8.96. The summed E-state index contributed by atoms with van der Waals surface area (Å²) in [5, 5.41) is 4.49. The lowest BCUT2D eigenvalue weighted by Crippen LogP contribution is -2.08. The van der Waals surface area contributed by atoms with E-state index in [1.54, 1.807) is 6.08 Å². The van der Waals surface area contributed by atoms with E-state index >= 15 is 0 Å². The first-order valence-corrected chi connectivity index (χ1v) is 12.8. The van der Waals surface area contributed by atoms with Crippen LogP contribution in [0.2, 0.25) is 0 Å². The van der Waals surface area contributed by atoms with Crippen molar-refractivity contribution in [2.75, 3.05) is 11.9 Å². The lowest BCUT2D eigenvalue weighted by atomic mass is 9.94. The van der Waals surface area contributed by atoms with Crippen LogP contribution in [0.1, 0.15) is 36.1 Å². The van der Waals surface area contributed by atoms with Crippen molar-refractivity contribution in [1.29, 1.82) is 0 Å². The number of nitrogens with one attached hydrogen (secondary N) is 1. The van der Waals surface area contributed by atoms with Crippen LogP contribution in [0.3, 0.4) is 0 Å². The average molecular weight is 497 g/mol. The maximum Gasteiger partial charge on any atom is 0.250 e. The minimum Gasteiger partial charge on any atom is -0.493 e. The fourth-order valence-corrected chi connectivity index (χ4v) is 5.47. The molecule has 0 saturated carbocycles. The summed E-state index contributed by atoms with van der Waals surface area (Å²) >= 11 is 1.46. The largest absolute Gasteiger partial charge is 0.493 e. The van der Waals surface area contributed by atoms with Crippen LogP contribution in [0, 0.1) is 20.8 Å². The van der Waals surface area contributed by atoms with E-state index in [-0.39, 0.29) is 5.91 Å². The molecule has 0 saturated heterocycles. The number of fused-ring (bicyclic) bond motifs is 2. The highest BCUT2D eigenvalue weighted by Crippen LogP contribution is 2.41. The summed E-state index contributed by atoms with van der Waals surface area (Å²) in [6.07, 6.45) is 3.42. The predicted octanol–water partition coefficient (Wildman–Crippen LogP) is 8.08. The molecule has 0 aliphatic carbocycles. The highest BCUT2D eigenvalue weighted by molar-refractivity contribution is 7.22. The van der Waals surface area contributed by atoms with Crippen LogP contribution in [0.5, 0.6) is 5.75 Å². The highest BCUT2D eigenvalue weighted by Gasteiger charge is 2.20. The highest BCUT2D eigenvalue weighted by atomic mass is 32.1. The summed E-state index contributed by atoms with van der Waals surface area (Å²) in [5.74, 6) is 0.501. The molecule has 0 spiro atoms. The number of ether oxygens (including phenoxy) is 1. The van der Waals surface area contributed by atoms with Gasteiger partial charge in [0.05, 0.1) is 23.1 Å². The zero-order chi connectivity index (χ0) is 25.4. The molecule has 6 heteroatoms. The SMILES string of the molecule is CCOc1c(/C(C)=C/C(=O)Nc2nc3ccccc3s2)cc2c(-c3ccc(C)cc3C)coc2c1C. The van der Waals surface area contributed by atoms with Gasteiger partial charge in [0, 0.05) is 28.2 Å². The van der Waals surface area contributed by atoms with Gasteiger partial charge in [-0.15, -0.1) is 0 Å². The number of thiazole rings is 1. The second kappa shape index (κ2) is 9.63. The van der Waals surface area contributed by atoms with Crippen molar-refractivity contribution in [2.24, 2.45) is 0 Å². The van der Waals surface area contributed by atoms with Crippen molar-refractivity contribution in [3.05, 3.63) is 83.1 Å². The minimum absolute atomic E-state index is 0.228. The van der Waals surface area contributed by atoms with E-state index in [1.165, 1.54) is 22.5 Å². The van der Waals surface area contributed by atoms with Crippen LogP contribution in [0.4, 0.5) is 5.13 Å². The Labute approximate surface area is 214 Å².